The van der Waals surface area contributed by atoms with Crippen molar-refractivity contribution in [1.29, 1.82) is 0 Å². The van der Waals surface area contributed by atoms with Crippen molar-refractivity contribution in [1.82, 2.24) is 14.7 Å². The minimum atomic E-state index is -4.85. The predicted octanol–water partition coefficient (Wildman–Crippen LogP) is 4.71. The summed E-state index contributed by atoms with van der Waals surface area (Å²) in [5.41, 5.74) is 0.261. The Morgan fingerprint density at radius 3 is 2.51 bits per heavy atom. The molecule has 0 aliphatic rings. The summed E-state index contributed by atoms with van der Waals surface area (Å²) in [6, 6.07) is 10.4. The van der Waals surface area contributed by atoms with E-state index in [1.165, 1.54) is 30.3 Å². The zero-order valence-electron chi connectivity index (χ0n) is 21.0. The molecular formula is C25H24F4N4O5S. The Balaban J connectivity index is 1.97. The van der Waals surface area contributed by atoms with Crippen molar-refractivity contribution >= 4 is 22.1 Å². The summed E-state index contributed by atoms with van der Waals surface area (Å²) in [5, 5.41) is -0.422. The lowest BCUT2D eigenvalue weighted by Crippen LogP contribution is -2.31. The van der Waals surface area contributed by atoms with E-state index in [4.69, 9.17) is 9.47 Å². The zero-order chi connectivity index (χ0) is 28.8. The largest absolute Gasteiger partial charge is 0.502 e. The Labute approximate surface area is 222 Å². The highest BCUT2D eigenvalue weighted by molar-refractivity contribution is 7.90. The Kier molecular flexibility index (Phi) is 9.22. The van der Waals surface area contributed by atoms with Gasteiger partial charge in [0.05, 0.1) is 12.3 Å². The normalized spacial score (nSPS) is 12.1. The van der Waals surface area contributed by atoms with Crippen molar-refractivity contribution in [3.63, 3.8) is 0 Å². The molecule has 3 aromatic rings. The van der Waals surface area contributed by atoms with Crippen molar-refractivity contribution in [2.24, 2.45) is 10.9 Å². The van der Waals surface area contributed by atoms with Crippen molar-refractivity contribution in [2.45, 2.75) is 32.1 Å². The highest BCUT2D eigenvalue weighted by Gasteiger charge is 2.26. The van der Waals surface area contributed by atoms with E-state index < -0.39 is 51.1 Å². The smallest absolute Gasteiger partial charge is 0.493 e. The van der Waals surface area contributed by atoms with Gasteiger partial charge in [-0.1, -0.05) is 19.9 Å². The van der Waals surface area contributed by atoms with Crippen LogP contribution in [0.2, 0.25) is 0 Å². The van der Waals surface area contributed by atoms with Gasteiger partial charge in [-0.25, -0.2) is 19.1 Å². The van der Waals surface area contributed by atoms with Crippen molar-refractivity contribution in [3.8, 4) is 22.9 Å². The average Bonchev–Trinajstić information content (AvgIpc) is 2.84. The van der Waals surface area contributed by atoms with Crippen LogP contribution in [-0.4, -0.2) is 50.0 Å². The molecule has 2 heterocycles. The van der Waals surface area contributed by atoms with E-state index in [0.29, 0.717) is 18.5 Å². The molecule has 1 amide bonds. The number of aryl methyl sites for hydroxylation is 1. The van der Waals surface area contributed by atoms with Crippen LogP contribution in [-0.2, 0) is 10.0 Å². The fraction of sp³-hybridized carbons (Fsp3) is 0.280. The first-order valence-corrected chi connectivity index (χ1v) is 12.9. The first-order valence-electron chi connectivity index (χ1n) is 11.4. The van der Waals surface area contributed by atoms with Gasteiger partial charge in [-0.2, -0.15) is 13.4 Å². The second-order valence-electron chi connectivity index (χ2n) is 8.57. The van der Waals surface area contributed by atoms with Crippen LogP contribution in [0.1, 0.15) is 29.9 Å². The molecule has 14 heteroatoms. The van der Waals surface area contributed by atoms with E-state index in [1.54, 1.807) is 13.0 Å². The molecule has 208 valence electrons. The number of alkyl halides is 3. The Hall–Kier alpha value is -4.07. The lowest BCUT2D eigenvalue weighted by atomic mass is 10.1. The van der Waals surface area contributed by atoms with Crippen LogP contribution >= 0.6 is 0 Å². The average molecular weight is 569 g/mol. The number of aromatic nitrogens is 2. The van der Waals surface area contributed by atoms with Crippen LogP contribution in [0.15, 0.2) is 58.5 Å². The second kappa shape index (κ2) is 12.2. The third-order valence-electron chi connectivity index (χ3n) is 4.75. The van der Waals surface area contributed by atoms with Gasteiger partial charge in [0.2, 0.25) is 5.88 Å². The number of halogens is 4. The number of aliphatic imine (C=N–C) groups is 1. The number of benzene rings is 1. The summed E-state index contributed by atoms with van der Waals surface area (Å²) >= 11 is 0. The molecule has 0 radical (unpaired) electrons. The van der Waals surface area contributed by atoms with Gasteiger partial charge in [0.25, 0.3) is 15.9 Å². The van der Waals surface area contributed by atoms with Gasteiger partial charge < -0.3 is 9.47 Å². The summed E-state index contributed by atoms with van der Waals surface area (Å²) in [7, 11) is -4.41. The summed E-state index contributed by atoms with van der Waals surface area (Å²) in [6.45, 7) is 4.93. The maximum atomic E-state index is 14.3. The Bertz CT molecular complexity index is 1480. The summed E-state index contributed by atoms with van der Waals surface area (Å²) in [5.74, 6) is -1.97. The summed E-state index contributed by atoms with van der Waals surface area (Å²) in [6.07, 6.45) is -4.44. The van der Waals surface area contributed by atoms with E-state index in [0.717, 1.165) is 12.1 Å². The predicted molar refractivity (Wildman–Crippen MR) is 134 cm³/mol. The van der Waals surface area contributed by atoms with Crippen LogP contribution < -0.4 is 14.2 Å². The lowest BCUT2D eigenvalue weighted by Gasteiger charge is -2.13. The number of hydrogen-bond donors (Lipinski definition) is 1. The molecule has 1 N–H and O–H groups in total. The quantitative estimate of drug-likeness (QED) is 0.214. The number of amides is 1. The number of carbonyl (C=O) groups excluding carboxylic acids is 1. The van der Waals surface area contributed by atoms with Crippen LogP contribution in [0.5, 0.6) is 11.6 Å². The first-order chi connectivity index (χ1) is 18.2. The van der Waals surface area contributed by atoms with Crippen LogP contribution in [0.3, 0.4) is 0 Å². The highest BCUT2D eigenvalue weighted by Crippen LogP contribution is 2.28. The number of sulfonamides is 1. The summed E-state index contributed by atoms with van der Waals surface area (Å²) < 4.78 is 89.4. The number of rotatable bonds is 10. The number of carbonyl (C=O) groups is 1. The second-order valence-corrected chi connectivity index (χ2v) is 10.2. The monoisotopic (exact) mass is 568 g/mol. The molecule has 0 fully saturated rings. The van der Waals surface area contributed by atoms with Gasteiger partial charge in [-0.3, -0.25) is 4.79 Å². The summed E-state index contributed by atoms with van der Waals surface area (Å²) in [4.78, 5) is 23.3. The third-order valence-corrected chi connectivity index (χ3v) is 5.98. The molecule has 1 aromatic carbocycles. The maximum Gasteiger partial charge on any atom is 0.502 e. The molecule has 0 spiro atoms. The molecule has 0 bridgehead atoms. The van der Waals surface area contributed by atoms with E-state index in [2.05, 4.69) is 15.0 Å². The van der Waals surface area contributed by atoms with Crippen molar-refractivity contribution < 1.29 is 40.2 Å². The number of nitrogens with one attached hydrogen (secondary N) is 1. The van der Waals surface area contributed by atoms with E-state index in [9.17, 15) is 30.8 Å². The van der Waals surface area contributed by atoms with Gasteiger partial charge >= 0.3 is 6.30 Å². The van der Waals surface area contributed by atoms with Crippen LogP contribution in [0, 0.1) is 18.7 Å². The molecule has 0 saturated heterocycles. The van der Waals surface area contributed by atoms with Gasteiger partial charge in [0, 0.05) is 23.5 Å². The molecule has 0 unspecified atom stereocenters. The maximum absolute atomic E-state index is 14.3. The Morgan fingerprint density at radius 2 is 1.85 bits per heavy atom. The standard InChI is InChI=1S/C25H24F4N4O5S/c1-15(2)14-38-19-12-17(11-18(26)13-19)21-8-7-20(24(32-21)37-10-9-30-25(27,28)29)23(34)33-39(35,36)22-6-4-5-16(3)31-22/h4-9,11-13,15H,10,14H2,1-3H3,(H,33,34). The van der Waals surface area contributed by atoms with Crippen molar-refractivity contribution in [3.05, 3.63) is 65.6 Å². The van der Waals surface area contributed by atoms with E-state index in [-0.39, 0.29) is 22.9 Å². The minimum absolute atomic E-state index is 0.0754. The molecule has 2 aromatic heterocycles. The van der Waals surface area contributed by atoms with Crippen molar-refractivity contribution in [2.75, 3.05) is 13.2 Å². The number of pyridine rings is 2. The van der Waals surface area contributed by atoms with Crippen LogP contribution in [0.25, 0.3) is 11.3 Å². The Morgan fingerprint density at radius 1 is 1.10 bits per heavy atom. The molecule has 0 aliphatic heterocycles. The zero-order valence-corrected chi connectivity index (χ0v) is 21.8. The van der Waals surface area contributed by atoms with Crippen LogP contribution in [0.4, 0.5) is 17.6 Å². The molecule has 3 rings (SSSR count). The number of hydrogen-bond acceptors (Lipinski definition) is 8. The molecule has 0 saturated carbocycles. The van der Waals surface area contributed by atoms with Gasteiger partial charge in [0.15, 0.2) is 5.03 Å². The first kappa shape index (κ1) is 29.5. The molecule has 0 aliphatic carbocycles. The number of ether oxygens (including phenoxy) is 2. The van der Waals surface area contributed by atoms with Gasteiger partial charge in [-0.15, -0.1) is 13.2 Å². The fourth-order valence-corrected chi connectivity index (χ4v) is 4.08. The highest BCUT2D eigenvalue weighted by atomic mass is 32.2. The minimum Gasteiger partial charge on any atom is -0.493 e. The topological polar surface area (TPSA) is 120 Å². The molecule has 9 nitrogen and oxygen atoms in total. The number of nitrogens with zero attached hydrogens (tertiary/aromatic N) is 3. The molecule has 39 heavy (non-hydrogen) atoms. The van der Waals surface area contributed by atoms with Gasteiger partial charge in [0.1, 0.15) is 23.7 Å². The van der Waals surface area contributed by atoms with E-state index >= 15 is 0 Å². The van der Waals surface area contributed by atoms with Gasteiger partial charge in [-0.05, 0) is 49.2 Å². The van der Waals surface area contributed by atoms with E-state index in [1.807, 2.05) is 18.6 Å². The SMILES string of the molecule is Cc1cccc(S(=O)(=O)NC(=O)c2ccc(-c3cc(F)cc(OCC(C)C)c3)nc2OCC=NC(F)(F)F)n1. The third kappa shape index (κ3) is 8.74. The molecule has 0 atom stereocenters. The molecular weight excluding hydrogens is 544 g/mol. The lowest BCUT2D eigenvalue weighted by molar-refractivity contribution is -0.119. The fourth-order valence-electron chi connectivity index (χ4n) is 3.09.